The van der Waals surface area contributed by atoms with Crippen molar-refractivity contribution in [1.29, 1.82) is 0 Å². The summed E-state index contributed by atoms with van der Waals surface area (Å²) in [5.74, 6) is -0.380. The third-order valence-electron chi connectivity index (χ3n) is 3.42. The predicted octanol–water partition coefficient (Wildman–Crippen LogP) is 1.48. The summed E-state index contributed by atoms with van der Waals surface area (Å²) in [6.07, 6.45) is 1.79. The standard InChI is InChI=1S/C13H18N2O3S/c1-9-5-4-6-10(14)12(9)15-13(16)11-7-2-3-8-19(11,17)18/h4-6,11H,2-3,7-8,14H2,1H3,(H,15,16). The fourth-order valence-corrected chi connectivity index (χ4v) is 4.12. The van der Waals surface area contributed by atoms with E-state index < -0.39 is 21.0 Å². The van der Waals surface area contributed by atoms with Gasteiger partial charge in [0.05, 0.1) is 17.1 Å². The molecule has 19 heavy (non-hydrogen) atoms. The van der Waals surface area contributed by atoms with E-state index in [4.69, 9.17) is 5.73 Å². The van der Waals surface area contributed by atoms with Crippen LogP contribution in [0.2, 0.25) is 0 Å². The molecule has 1 amide bonds. The molecule has 1 fully saturated rings. The van der Waals surface area contributed by atoms with Gasteiger partial charge in [-0.25, -0.2) is 8.42 Å². The molecule has 0 aliphatic carbocycles. The van der Waals surface area contributed by atoms with Crippen LogP contribution in [-0.2, 0) is 14.6 Å². The fraction of sp³-hybridized carbons (Fsp3) is 0.462. The van der Waals surface area contributed by atoms with Gasteiger partial charge in [-0.1, -0.05) is 18.6 Å². The van der Waals surface area contributed by atoms with Crippen LogP contribution in [0.25, 0.3) is 0 Å². The number of anilines is 2. The van der Waals surface area contributed by atoms with Crippen LogP contribution in [-0.4, -0.2) is 25.3 Å². The Hall–Kier alpha value is -1.56. The second-order valence-corrected chi connectivity index (χ2v) is 7.18. The maximum absolute atomic E-state index is 12.1. The van der Waals surface area contributed by atoms with Crippen molar-refractivity contribution in [3.8, 4) is 0 Å². The van der Waals surface area contributed by atoms with Crippen molar-refractivity contribution >= 4 is 27.1 Å². The van der Waals surface area contributed by atoms with Gasteiger partial charge >= 0.3 is 0 Å². The first kappa shape index (κ1) is 13.9. The Balaban J connectivity index is 2.22. The molecule has 1 aromatic rings. The van der Waals surface area contributed by atoms with Crippen LogP contribution in [0, 0.1) is 6.92 Å². The molecular weight excluding hydrogens is 264 g/mol. The summed E-state index contributed by atoms with van der Waals surface area (Å²) in [6, 6.07) is 5.29. The topological polar surface area (TPSA) is 89.3 Å². The summed E-state index contributed by atoms with van der Waals surface area (Å²) in [4.78, 5) is 12.1. The molecule has 0 spiro atoms. The molecule has 1 heterocycles. The lowest BCUT2D eigenvalue weighted by Crippen LogP contribution is -2.39. The van der Waals surface area contributed by atoms with Gasteiger partial charge in [0, 0.05) is 0 Å². The highest BCUT2D eigenvalue weighted by atomic mass is 32.2. The van der Waals surface area contributed by atoms with Gasteiger partial charge in [-0.2, -0.15) is 0 Å². The number of amides is 1. The lowest BCUT2D eigenvalue weighted by Gasteiger charge is -2.22. The van der Waals surface area contributed by atoms with E-state index in [0.29, 0.717) is 24.2 Å². The Morgan fingerprint density at radius 3 is 2.74 bits per heavy atom. The summed E-state index contributed by atoms with van der Waals surface area (Å²) in [7, 11) is -3.32. The summed E-state index contributed by atoms with van der Waals surface area (Å²) >= 11 is 0. The van der Waals surface area contributed by atoms with Gasteiger partial charge in [0.1, 0.15) is 5.25 Å². The Morgan fingerprint density at radius 2 is 2.11 bits per heavy atom. The van der Waals surface area contributed by atoms with E-state index in [1.807, 2.05) is 13.0 Å². The molecule has 5 nitrogen and oxygen atoms in total. The van der Waals surface area contributed by atoms with Gasteiger partial charge in [0.25, 0.3) is 0 Å². The first-order valence-electron chi connectivity index (χ1n) is 6.29. The van der Waals surface area contributed by atoms with E-state index in [0.717, 1.165) is 12.0 Å². The lowest BCUT2D eigenvalue weighted by molar-refractivity contribution is -0.116. The first-order valence-corrected chi connectivity index (χ1v) is 8.01. The van der Waals surface area contributed by atoms with Gasteiger partial charge in [-0.05, 0) is 31.4 Å². The van der Waals surface area contributed by atoms with E-state index in [9.17, 15) is 13.2 Å². The summed E-state index contributed by atoms with van der Waals surface area (Å²) in [6.45, 7) is 1.82. The number of benzene rings is 1. The van der Waals surface area contributed by atoms with E-state index in [2.05, 4.69) is 5.32 Å². The molecular formula is C13H18N2O3S. The number of sulfone groups is 1. The zero-order valence-electron chi connectivity index (χ0n) is 10.8. The smallest absolute Gasteiger partial charge is 0.242 e. The molecule has 1 atom stereocenters. The molecule has 1 unspecified atom stereocenters. The van der Waals surface area contributed by atoms with Gasteiger partial charge in [-0.3, -0.25) is 4.79 Å². The lowest BCUT2D eigenvalue weighted by atomic mass is 10.1. The number of aryl methyl sites for hydroxylation is 1. The minimum Gasteiger partial charge on any atom is -0.397 e. The second-order valence-electron chi connectivity index (χ2n) is 4.88. The number of carbonyl (C=O) groups excluding carboxylic acids is 1. The molecule has 0 bridgehead atoms. The van der Waals surface area contributed by atoms with Crippen LogP contribution in [0.5, 0.6) is 0 Å². The fourth-order valence-electron chi connectivity index (χ4n) is 2.31. The van der Waals surface area contributed by atoms with Crippen molar-refractivity contribution < 1.29 is 13.2 Å². The number of rotatable bonds is 2. The van der Waals surface area contributed by atoms with Crippen LogP contribution in [0.4, 0.5) is 11.4 Å². The van der Waals surface area contributed by atoms with E-state index in [1.165, 1.54) is 0 Å². The number of nitrogens with two attached hydrogens (primary N) is 1. The summed E-state index contributed by atoms with van der Waals surface area (Å²) < 4.78 is 23.8. The zero-order valence-corrected chi connectivity index (χ0v) is 11.7. The van der Waals surface area contributed by atoms with Crippen molar-refractivity contribution in [2.75, 3.05) is 16.8 Å². The van der Waals surface area contributed by atoms with Crippen LogP contribution >= 0.6 is 0 Å². The quantitative estimate of drug-likeness (QED) is 0.804. The van der Waals surface area contributed by atoms with Gasteiger partial charge in [-0.15, -0.1) is 0 Å². The van der Waals surface area contributed by atoms with Gasteiger partial charge < -0.3 is 11.1 Å². The molecule has 3 N–H and O–H groups in total. The summed E-state index contributed by atoms with van der Waals surface area (Å²) in [5.41, 5.74) is 7.58. The minimum absolute atomic E-state index is 0.0916. The average Bonchev–Trinajstić information content (AvgIpc) is 2.33. The Bertz CT molecular complexity index is 576. The van der Waals surface area contributed by atoms with E-state index in [1.54, 1.807) is 12.1 Å². The van der Waals surface area contributed by atoms with Crippen molar-refractivity contribution in [2.24, 2.45) is 0 Å². The van der Waals surface area contributed by atoms with Crippen LogP contribution < -0.4 is 11.1 Å². The third-order valence-corrected chi connectivity index (χ3v) is 5.60. The normalized spacial score (nSPS) is 21.8. The largest absolute Gasteiger partial charge is 0.397 e. The molecule has 1 aliphatic heterocycles. The van der Waals surface area contributed by atoms with E-state index >= 15 is 0 Å². The van der Waals surface area contributed by atoms with Crippen molar-refractivity contribution in [3.63, 3.8) is 0 Å². The Kier molecular flexibility index (Phi) is 3.80. The molecule has 0 saturated carbocycles. The highest BCUT2D eigenvalue weighted by molar-refractivity contribution is 7.92. The van der Waals surface area contributed by atoms with Gasteiger partial charge in [0.15, 0.2) is 9.84 Å². The zero-order chi connectivity index (χ0) is 14.0. The Morgan fingerprint density at radius 1 is 1.37 bits per heavy atom. The molecule has 104 valence electrons. The maximum Gasteiger partial charge on any atom is 0.242 e. The van der Waals surface area contributed by atoms with Crippen LogP contribution in [0.3, 0.4) is 0 Å². The monoisotopic (exact) mass is 282 g/mol. The number of carbonyl (C=O) groups is 1. The number of para-hydroxylation sites is 1. The summed E-state index contributed by atoms with van der Waals surface area (Å²) in [5, 5.41) is 1.72. The Labute approximate surface area is 113 Å². The molecule has 0 radical (unpaired) electrons. The molecule has 1 aliphatic rings. The molecule has 1 saturated heterocycles. The number of nitrogen functional groups attached to an aromatic ring is 1. The minimum atomic E-state index is -3.32. The number of hydrogen-bond acceptors (Lipinski definition) is 4. The molecule has 6 heteroatoms. The molecule has 1 aromatic carbocycles. The van der Waals surface area contributed by atoms with E-state index in [-0.39, 0.29) is 5.75 Å². The van der Waals surface area contributed by atoms with Crippen molar-refractivity contribution in [3.05, 3.63) is 23.8 Å². The van der Waals surface area contributed by atoms with Gasteiger partial charge in [0.2, 0.25) is 5.91 Å². The number of nitrogens with one attached hydrogen (secondary N) is 1. The highest BCUT2D eigenvalue weighted by Crippen LogP contribution is 2.25. The molecule has 2 rings (SSSR count). The third kappa shape index (κ3) is 2.89. The average molecular weight is 282 g/mol. The van der Waals surface area contributed by atoms with Crippen molar-refractivity contribution in [1.82, 2.24) is 0 Å². The first-order chi connectivity index (χ1) is 8.92. The second kappa shape index (κ2) is 5.21. The predicted molar refractivity (Wildman–Crippen MR) is 75.6 cm³/mol. The number of hydrogen-bond donors (Lipinski definition) is 2. The molecule has 0 aromatic heterocycles. The highest BCUT2D eigenvalue weighted by Gasteiger charge is 2.35. The van der Waals surface area contributed by atoms with Crippen LogP contribution in [0.15, 0.2) is 18.2 Å². The van der Waals surface area contributed by atoms with Crippen molar-refractivity contribution in [2.45, 2.75) is 31.4 Å². The maximum atomic E-state index is 12.1. The SMILES string of the molecule is Cc1cccc(N)c1NC(=O)C1CCCCS1(=O)=O. The van der Waals surface area contributed by atoms with Crippen LogP contribution in [0.1, 0.15) is 24.8 Å².